The summed E-state index contributed by atoms with van der Waals surface area (Å²) in [5.74, 6) is -3.67. The Labute approximate surface area is 190 Å². The Hall–Kier alpha value is -2.97. The van der Waals surface area contributed by atoms with Crippen LogP contribution in [0.15, 0.2) is 48.5 Å². The fourth-order valence-electron chi connectivity index (χ4n) is 3.96. The normalized spacial score (nSPS) is 17.0. The van der Waals surface area contributed by atoms with E-state index in [4.69, 9.17) is 0 Å². The van der Waals surface area contributed by atoms with Gasteiger partial charge in [0.05, 0.1) is 22.4 Å². The second-order valence-electron chi connectivity index (χ2n) is 9.00. The molecule has 1 fully saturated rings. The van der Waals surface area contributed by atoms with E-state index in [-0.39, 0.29) is 31.4 Å². The van der Waals surface area contributed by atoms with Gasteiger partial charge in [0.15, 0.2) is 0 Å². The maximum Gasteiger partial charge on any atom is 0.267 e. The number of pyridine rings is 1. The lowest BCUT2D eigenvalue weighted by Crippen LogP contribution is -2.43. The molecule has 2 N–H and O–H groups in total. The number of fused-ring (bicyclic) bond motifs is 1. The molecule has 33 heavy (non-hydrogen) atoms. The van der Waals surface area contributed by atoms with Crippen LogP contribution in [-0.2, 0) is 5.60 Å². The minimum atomic E-state index is -2.74. The molecule has 0 bridgehead atoms. The lowest BCUT2D eigenvalue weighted by molar-refractivity contribution is -0.0143. The summed E-state index contributed by atoms with van der Waals surface area (Å²) in [5.41, 5.74) is 3.76. The predicted octanol–water partition coefficient (Wildman–Crippen LogP) is 5.03. The number of aromatic nitrogens is 1. The van der Waals surface area contributed by atoms with Crippen LogP contribution in [0.3, 0.4) is 0 Å². The van der Waals surface area contributed by atoms with Gasteiger partial charge in [-0.25, -0.2) is 23.2 Å². The number of hydrogen-bond donors (Lipinski definition) is 2. The van der Waals surface area contributed by atoms with E-state index < -0.39 is 23.2 Å². The van der Waals surface area contributed by atoms with Gasteiger partial charge in [0, 0.05) is 42.9 Å². The number of amides is 1. The summed E-state index contributed by atoms with van der Waals surface area (Å²) >= 11 is 0. The lowest BCUT2D eigenvalue weighted by Gasteiger charge is -2.22. The molecule has 2 heterocycles. The van der Waals surface area contributed by atoms with Crippen LogP contribution in [0.2, 0.25) is 0 Å². The molecular weight excluding hydrogens is 431 g/mol. The number of hydrogen-bond acceptors (Lipinski definition) is 4. The first-order chi connectivity index (χ1) is 15.5. The number of carbonyl (C=O) groups is 1. The molecule has 1 saturated heterocycles. The topological polar surface area (TPSA) is 65.5 Å². The van der Waals surface area contributed by atoms with E-state index in [1.165, 1.54) is 23.2 Å². The zero-order valence-corrected chi connectivity index (χ0v) is 18.5. The van der Waals surface area contributed by atoms with Gasteiger partial charge in [0.1, 0.15) is 5.82 Å². The third-order valence-electron chi connectivity index (χ3n) is 5.84. The highest BCUT2D eigenvalue weighted by Crippen LogP contribution is 2.31. The van der Waals surface area contributed by atoms with Crippen LogP contribution in [0.5, 0.6) is 0 Å². The highest BCUT2D eigenvalue weighted by molar-refractivity contribution is 6.03. The molecule has 5 nitrogen and oxygen atoms in total. The summed E-state index contributed by atoms with van der Waals surface area (Å²) in [7, 11) is 0. The van der Waals surface area contributed by atoms with Crippen molar-refractivity contribution < 1.29 is 23.1 Å². The monoisotopic (exact) mass is 457 g/mol. The number of nitrogens with one attached hydrogen (secondary N) is 1. The number of alkyl halides is 2. The first-order valence-corrected chi connectivity index (χ1v) is 10.9. The van der Waals surface area contributed by atoms with Gasteiger partial charge in [-0.3, -0.25) is 10.2 Å². The van der Waals surface area contributed by atoms with E-state index in [1.54, 1.807) is 44.2 Å². The quantitative estimate of drug-likeness (QED) is 0.577. The average Bonchev–Trinajstić information content (AvgIpc) is 2.92. The van der Waals surface area contributed by atoms with E-state index in [2.05, 4.69) is 10.4 Å². The number of benzene rings is 2. The molecule has 1 aliphatic heterocycles. The number of hydrazine groups is 1. The Morgan fingerprint density at radius 2 is 1.91 bits per heavy atom. The molecule has 0 saturated carbocycles. The van der Waals surface area contributed by atoms with Crippen molar-refractivity contribution in [2.24, 2.45) is 0 Å². The molecule has 0 radical (unpaired) electrons. The van der Waals surface area contributed by atoms with E-state index in [1.807, 2.05) is 0 Å². The van der Waals surface area contributed by atoms with Gasteiger partial charge in [-0.2, -0.15) is 0 Å². The second kappa shape index (κ2) is 8.76. The molecule has 0 spiro atoms. The fourth-order valence-corrected chi connectivity index (χ4v) is 3.96. The molecule has 2 aromatic carbocycles. The predicted molar refractivity (Wildman–Crippen MR) is 120 cm³/mol. The molecule has 0 atom stereocenters. The molecule has 0 unspecified atom stereocenters. The van der Waals surface area contributed by atoms with Crippen LogP contribution < -0.4 is 5.43 Å². The van der Waals surface area contributed by atoms with Gasteiger partial charge in [0.2, 0.25) is 5.92 Å². The first-order valence-electron chi connectivity index (χ1n) is 10.9. The zero-order chi connectivity index (χ0) is 23.8. The van der Waals surface area contributed by atoms with Gasteiger partial charge in [-0.05, 0) is 50.1 Å². The molecule has 3 aromatic rings. The summed E-state index contributed by atoms with van der Waals surface area (Å²) in [6.07, 6.45) is -0.274. The van der Waals surface area contributed by atoms with E-state index in [0.717, 1.165) is 0 Å². The molecule has 1 aromatic heterocycles. The Kier molecular flexibility index (Phi) is 6.16. The van der Waals surface area contributed by atoms with Crippen molar-refractivity contribution in [1.82, 2.24) is 15.4 Å². The minimum Gasteiger partial charge on any atom is -0.386 e. The first kappa shape index (κ1) is 23.2. The number of halogens is 3. The highest BCUT2D eigenvalue weighted by Gasteiger charge is 2.32. The van der Waals surface area contributed by atoms with Gasteiger partial charge in [-0.15, -0.1) is 0 Å². The zero-order valence-electron chi connectivity index (χ0n) is 18.5. The maximum atomic E-state index is 13.8. The maximum absolute atomic E-state index is 13.8. The second-order valence-corrected chi connectivity index (χ2v) is 9.00. The standard InChI is InChI=1S/C25H26F3N3O2/c1-24(2,33)18-6-3-5-17(13-18)22-20(14-16-7-8-19(26)15-21(16)29-22)23(32)30-31-11-4-9-25(27,28)10-12-31/h3,5-8,13-15,33H,4,9-12H2,1-2H3,(H,30,32). The molecule has 174 valence electrons. The van der Waals surface area contributed by atoms with E-state index in [0.29, 0.717) is 34.3 Å². The van der Waals surface area contributed by atoms with Gasteiger partial charge in [0.25, 0.3) is 5.91 Å². The summed E-state index contributed by atoms with van der Waals surface area (Å²) in [5, 5.41) is 12.5. The van der Waals surface area contributed by atoms with Gasteiger partial charge >= 0.3 is 0 Å². The lowest BCUT2D eigenvalue weighted by atomic mass is 9.94. The van der Waals surface area contributed by atoms with Crippen LogP contribution in [0.4, 0.5) is 13.2 Å². The van der Waals surface area contributed by atoms with Crippen molar-refractivity contribution in [2.75, 3.05) is 13.1 Å². The van der Waals surface area contributed by atoms with Gasteiger partial charge < -0.3 is 5.11 Å². The van der Waals surface area contributed by atoms with Crippen molar-refractivity contribution in [3.05, 3.63) is 65.5 Å². The van der Waals surface area contributed by atoms with Crippen molar-refractivity contribution in [1.29, 1.82) is 0 Å². The Balaban J connectivity index is 1.75. The van der Waals surface area contributed by atoms with Crippen LogP contribution in [0.25, 0.3) is 22.2 Å². The summed E-state index contributed by atoms with van der Waals surface area (Å²) < 4.78 is 41.3. The van der Waals surface area contributed by atoms with Crippen LogP contribution in [0.1, 0.15) is 49.0 Å². The summed E-state index contributed by atoms with van der Waals surface area (Å²) in [6, 6.07) is 12.7. The Morgan fingerprint density at radius 3 is 2.67 bits per heavy atom. The number of carbonyl (C=O) groups excluding carboxylic acids is 1. The van der Waals surface area contributed by atoms with Crippen molar-refractivity contribution in [3.63, 3.8) is 0 Å². The highest BCUT2D eigenvalue weighted by atomic mass is 19.3. The Bertz CT molecular complexity index is 1190. The average molecular weight is 457 g/mol. The Morgan fingerprint density at radius 1 is 1.12 bits per heavy atom. The number of nitrogens with zero attached hydrogens (tertiary/aromatic N) is 2. The SMILES string of the molecule is CC(C)(O)c1cccc(-c2nc3cc(F)ccc3cc2C(=O)NN2CCCC(F)(F)CC2)c1. The van der Waals surface area contributed by atoms with E-state index in [9.17, 15) is 23.1 Å². The van der Waals surface area contributed by atoms with Crippen LogP contribution in [0, 0.1) is 5.82 Å². The fraction of sp³-hybridized carbons (Fsp3) is 0.360. The van der Waals surface area contributed by atoms with Crippen molar-refractivity contribution >= 4 is 16.8 Å². The van der Waals surface area contributed by atoms with Gasteiger partial charge in [-0.1, -0.05) is 18.2 Å². The smallest absolute Gasteiger partial charge is 0.267 e. The molecule has 1 aliphatic rings. The minimum absolute atomic E-state index is 0.0362. The molecular formula is C25H26F3N3O2. The third kappa shape index (κ3) is 5.34. The van der Waals surface area contributed by atoms with Crippen molar-refractivity contribution in [3.8, 4) is 11.3 Å². The molecule has 8 heteroatoms. The van der Waals surface area contributed by atoms with Crippen LogP contribution in [-0.4, -0.2) is 40.0 Å². The molecule has 4 rings (SSSR count). The van der Waals surface area contributed by atoms with Crippen molar-refractivity contribution in [2.45, 2.75) is 44.6 Å². The number of aliphatic hydroxyl groups is 1. The largest absolute Gasteiger partial charge is 0.386 e. The number of rotatable bonds is 4. The van der Waals surface area contributed by atoms with Crippen LogP contribution >= 0.6 is 0 Å². The molecule has 1 amide bonds. The van der Waals surface area contributed by atoms with E-state index >= 15 is 0 Å². The third-order valence-corrected chi connectivity index (χ3v) is 5.84. The summed E-state index contributed by atoms with van der Waals surface area (Å²) in [4.78, 5) is 17.8. The molecule has 0 aliphatic carbocycles. The summed E-state index contributed by atoms with van der Waals surface area (Å²) in [6.45, 7) is 3.65.